The summed E-state index contributed by atoms with van der Waals surface area (Å²) in [6, 6.07) is 0. The Hall–Kier alpha value is -2.53. The molecule has 2 fully saturated rings. The Morgan fingerprint density at radius 2 is 2.10 bits per heavy atom. The molecule has 0 radical (unpaired) electrons. The second-order valence-electron chi connectivity index (χ2n) is 10.4. The number of nitrogen functional groups attached to an aromatic ring is 1. The predicted molar refractivity (Wildman–Crippen MR) is 151 cm³/mol. The summed E-state index contributed by atoms with van der Waals surface area (Å²) in [4.78, 5) is 36.8. The molecule has 2 aliphatic heterocycles. The van der Waals surface area contributed by atoms with Crippen molar-refractivity contribution in [3.8, 4) is 5.88 Å². The molecular weight excluding hydrogens is 595 g/mol. The van der Waals surface area contributed by atoms with E-state index in [1.165, 1.54) is 17.8 Å². The van der Waals surface area contributed by atoms with Gasteiger partial charge in [0.2, 0.25) is 11.8 Å². The van der Waals surface area contributed by atoms with Crippen molar-refractivity contribution in [3.63, 3.8) is 0 Å². The first-order valence-corrected chi connectivity index (χ1v) is 15.9. The van der Waals surface area contributed by atoms with Crippen LogP contribution in [-0.4, -0.2) is 92.4 Å². The Morgan fingerprint density at radius 1 is 1.33 bits per heavy atom. The summed E-state index contributed by atoms with van der Waals surface area (Å²) in [5, 5.41) is 14.0. The standard InChI is InChI=1S/C24H37N6O10PS/c1-6-35-18-15-17(28-21(25)29-18)30(13-27-15)19-24(5,33)16-14(39-19)12-38-41(34,40-16)37-10-11-42-20(31)23(3,4)8-9-26-22(32)36-7-2/h13-14,16,19,33H,6-12H2,1-5H3,(H,26,32)(H2,25,28,29). The molecule has 234 valence electrons. The van der Waals surface area contributed by atoms with Crippen LogP contribution >= 0.6 is 19.6 Å². The first kappa shape index (κ1) is 32.4. The van der Waals surface area contributed by atoms with E-state index in [4.69, 9.17) is 33.5 Å². The summed E-state index contributed by atoms with van der Waals surface area (Å²) in [5.74, 6) is 0.325. The number of hydrogen-bond acceptors (Lipinski definition) is 15. The highest BCUT2D eigenvalue weighted by molar-refractivity contribution is 8.13. The molecule has 0 aliphatic carbocycles. The van der Waals surface area contributed by atoms with Gasteiger partial charge in [0, 0.05) is 17.7 Å². The number of thioether (sulfide) groups is 1. The van der Waals surface area contributed by atoms with Gasteiger partial charge in [0.1, 0.15) is 17.8 Å². The van der Waals surface area contributed by atoms with E-state index in [-0.39, 0.29) is 54.7 Å². The third kappa shape index (κ3) is 6.98. The molecule has 4 rings (SSSR count). The van der Waals surface area contributed by atoms with Crippen LogP contribution in [0.5, 0.6) is 5.88 Å². The largest absolute Gasteiger partial charge is 0.476 e. The molecule has 2 aromatic rings. The molecular formula is C24H37N6O10PS. The van der Waals surface area contributed by atoms with Crippen LogP contribution in [0.3, 0.4) is 0 Å². The molecule has 0 spiro atoms. The van der Waals surface area contributed by atoms with Gasteiger partial charge in [-0.3, -0.25) is 22.9 Å². The Labute approximate surface area is 246 Å². The molecule has 2 aliphatic rings. The van der Waals surface area contributed by atoms with Crippen LogP contribution in [0.2, 0.25) is 0 Å². The number of phosphoric acid groups is 1. The highest BCUT2D eigenvalue weighted by Gasteiger charge is 2.60. The van der Waals surface area contributed by atoms with E-state index in [9.17, 15) is 19.3 Å². The Balaban J connectivity index is 1.33. The van der Waals surface area contributed by atoms with E-state index in [0.717, 1.165) is 11.8 Å². The smallest absolute Gasteiger partial charge is 0.475 e. The zero-order valence-corrected chi connectivity index (χ0v) is 25.8. The normalized spacial score (nSPS) is 27.5. The molecule has 18 heteroatoms. The van der Waals surface area contributed by atoms with E-state index in [1.54, 1.807) is 27.7 Å². The van der Waals surface area contributed by atoms with Crippen molar-refractivity contribution >= 4 is 47.9 Å². The van der Waals surface area contributed by atoms with Crippen molar-refractivity contribution in [2.75, 3.05) is 44.5 Å². The van der Waals surface area contributed by atoms with Crippen LogP contribution in [0.15, 0.2) is 6.33 Å². The maximum absolute atomic E-state index is 13.3. The minimum atomic E-state index is -4.09. The van der Waals surface area contributed by atoms with Crippen molar-refractivity contribution < 1.29 is 47.0 Å². The number of nitrogens with two attached hydrogens (primary N) is 1. The van der Waals surface area contributed by atoms with Crippen LogP contribution in [0.1, 0.15) is 47.3 Å². The van der Waals surface area contributed by atoms with Gasteiger partial charge in [-0.25, -0.2) is 14.3 Å². The number of carbonyl (C=O) groups excluding carboxylic acids is 2. The highest BCUT2D eigenvalue weighted by atomic mass is 32.2. The Morgan fingerprint density at radius 3 is 2.81 bits per heavy atom. The van der Waals surface area contributed by atoms with Crippen LogP contribution in [-0.2, 0) is 32.4 Å². The van der Waals surface area contributed by atoms with Crippen LogP contribution in [0.25, 0.3) is 11.2 Å². The van der Waals surface area contributed by atoms with E-state index in [1.807, 2.05) is 0 Å². The molecule has 42 heavy (non-hydrogen) atoms. The minimum Gasteiger partial charge on any atom is -0.476 e. The van der Waals surface area contributed by atoms with E-state index >= 15 is 0 Å². The lowest BCUT2D eigenvalue weighted by Gasteiger charge is -2.35. The molecule has 0 saturated carbocycles. The predicted octanol–water partition coefficient (Wildman–Crippen LogP) is 2.42. The van der Waals surface area contributed by atoms with Gasteiger partial charge >= 0.3 is 13.9 Å². The number of phosphoric ester groups is 1. The van der Waals surface area contributed by atoms with Gasteiger partial charge in [0.25, 0.3) is 0 Å². The number of fused-ring (bicyclic) bond motifs is 2. The van der Waals surface area contributed by atoms with Gasteiger partial charge in [-0.15, -0.1) is 0 Å². The zero-order valence-electron chi connectivity index (χ0n) is 24.1. The van der Waals surface area contributed by atoms with Crippen LogP contribution in [0.4, 0.5) is 10.7 Å². The molecule has 5 unspecified atom stereocenters. The van der Waals surface area contributed by atoms with Crippen molar-refractivity contribution in [1.29, 1.82) is 0 Å². The van der Waals surface area contributed by atoms with Crippen LogP contribution in [0, 0.1) is 5.41 Å². The van der Waals surface area contributed by atoms with Gasteiger partial charge < -0.3 is 30.4 Å². The molecule has 4 N–H and O–H groups in total. The van der Waals surface area contributed by atoms with Gasteiger partial charge in [-0.05, 0) is 27.2 Å². The fourth-order valence-electron chi connectivity index (χ4n) is 4.50. The van der Waals surface area contributed by atoms with Gasteiger partial charge in [0.15, 0.2) is 22.5 Å². The number of ether oxygens (including phenoxy) is 3. The molecule has 0 bridgehead atoms. The number of aliphatic hydroxyl groups is 1. The molecule has 2 saturated heterocycles. The average molecular weight is 633 g/mol. The van der Waals surface area contributed by atoms with E-state index < -0.39 is 43.4 Å². The molecule has 16 nitrogen and oxygen atoms in total. The number of alkyl carbamates (subject to hydrolysis) is 1. The number of nitrogens with one attached hydrogen (secondary N) is 1. The molecule has 1 amide bonds. The minimum absolute atomic E-state index is 0.0479. The monoisotopic (exact) mass is 632 g/mol. The number of amides is 1. The Kier molecular flexibility index (Phi) is 10.0. The van der Waals surface area contributed by atoms with Crippen molar-refractivity contribution in [2.24, 2.45) is 5.41 Å². The van der Waals surface area contributed by atoms with Gasteiger partial charge in [-0.2, -0.15) is 9.97 Å². The number of nitrogens with zero attached hydrogens (tertiary/aromatic N) is 4. The molecule has 5 atom stereocenters. The van der Waals surface area contributed by atoms with E-state index in [0.29, 0.717) is 18.5 Å². The SMILES string of the molecule is CCOC(=O)NCCC(C)(C)C(=O)SCCOP1(=O)OCC2OC(n3cnc4c(OCC)nc(N)nc43)C(C)(O)C2O1. The number of rotatable bonds is 12. The lowest BCUT2D eigenvalue weighted by Crippen LogP contribution is -2.47. The summed E-state index contributed by atoms with van der Waals surface area (Å²) in [5.41, 5.74) is 4.02. The second kappa shape index (κ2) is 13.0. The number of anilines is 1. The Bertz CT molecular complexity index is 1340. The first-order valence-electron chi connectivity index (χ1n) is 13.5. The summed E-state index contributed by atoms with van der Waals surface area (Å²) in [6.45, 7) is 9.10. The molecule has 0 aromatic carbocycles. The zero-order chi connectivity index (χ0) is 30.7. The topological polar surface area (TPSA) is 208 Å². The number of carbonyl (C=O) groups is 2. The fourth-order valence-corrected chi connectivity index (χ4v) is 6.93. The van der Waals surface area contributed by atoms with Gasteiger partial charge in [-0.1, -0.05) is 25.6 Å². The fraction of sp³-hybridized carbons (Fsp3) is 0.708. The highest BCUT2D eigenvalue weighted by Crippen LogP contribution is 2.59. The number of aromatic nitrogens is 4. The lowest BCUT2D eigenvalue weighted by atomic mass is 9.91. The van der Waals surface area contributed by atoms with Crippen LogP contribution < -0.4 is 15.8 Å². The maximum atomic E-state index is 13.3. The average Bonchev–Trinajstić information content (AvgIpc) is 3.44. The number of hydrogen-bond donors (Lipinski definition) is 3. The quantitative estimate of drug-likeness (QED) is 0.227. The van der Waals surface area contributed by atoms with Crippen molar-refractivity contribution in [3.05, 3.63) is 6.33 Å². The maximum Gasteiger partial charge on any atom is 0.475 e. The lowest BCUT2D eigenvalue weighted by molar-refractivity contribution is -0.118. The van der Waals surface area contributed by atoms with Crippen molar-refractivity contribution in [2.45, 2.75) is 65.1 Å². The third-order valence-corrected chi connectivity index (χ3v) is 9.35. The first-order chi connectivity index (χ1) is 19.8. The molecule has 4 heterocycles. The summed E-state index contributed by atoms with van der Waals surface area (Å²) >= 11 is 1.01. The van der Waals surface area contributed by atoms with Crippen molar-refractivity contribution in [1.82, 2.24) is 24.8 Å². The second-order valence-corrected chi connectivity index (χ2v) is 13.1. The molecule has 2 aromatic heterocycles. The van der Waals surface area contributed by atoms with E-state index in [2.05, 4.69) is 20.3 Å². The number of imidazole rings is 1. The summed E-state index contributed by atoms with van der Waals surface area (Å²) in [6.07, 6.45) is -1.63. The van der Waals surface area contributed by atoms with Gasteiger partial charge in [0.05, 0.1) is 32.8 Å². The third-order valence-electron chi connectivity index (χ3n) is 6.71. The summed E-state index contributed by atoms with van der Waals surface area (Å²) < 4.78 is 47.7. The summed E-state index contributed by atoms with van der Waals surface area (Å²) in [7, 11) is -4.09.